The fraction of sp³-hybridized carbons (Fsp3) is 0.632. The maximum absolute atomic E-state index is 12.8. The molecule has 0 radical (unpaired) electrons. The summed E-state index contributed by atoms with van der Waals surface area (Å²) in [6.45, 7) is 3.36. The van der Waals surface area contributed by atoms with Crippen molar-refractivity contribution in [3.63, 3.8) is 0 Å². The molecule has 8 heteroatoms. The Morgan fingerprint density at radius 2 is 1.81 bits per heavy atom. The Hall–Kier alpha value is -1.48. The van der Waals surface area contributed by atoms with Crippen LogP contribution in [0.4, 0.5) is 0 Å². The summed E-state index contributed by atoms with van der Waals surface area (Å²) in [4.78, 5) is 14.5. The number of benzene rings is 1. The molecule has 4 rings (SSSR count). The molecular weight excluding hydrogens is 366 g/mol. The number of carbonyl (C=O) groups is 1. The molecule has 7 nitrogen and oxygen atoms in total. The standard InChI is InChI=1S/C19H27N3O4S/c23-19(21-9-11-26-12-10-21)16-5-6-18(13-16)20-27(24,25)22-8-7-15-3-1-2-4-17(15)14-22/h1-4,16,18,20H,5-14H2/t16-,18+/m0/s1. The van der Waals surface area contributed by atoms with Crippen LogP contribution in [-0.4, -0.2) is 62.4 Å². The van der Waals surface area contributed by atoms with Gasteiger partial charge in [0, 0.05) is 38.1 Å². The van der Waals surface area contributed by atoms with E-state index in [0.717, 1.165) is 18.4 Å². The van der Waals surface area contributed by atoms with E-state index in [2.05, 4.69) is 10.8 Å². The lowest BCUT2D eigenvalue weighted by Crippen LogP contribution is -2.47. The summed E-state index contributed by atoms with van der Waals surface area (Å²) in [6, 6.07) is 7.82. The molecule has 0 bridgehead atoms. The van der Waals surface area contributed by atoms with E-state index in [9.17, 15) is 13.2 Å². The molecule has 2 fully saturated rings. The summed E-state index contributed by atoms with van der Waals surface area (Å²) < 4.78 is 35.3. The molecule has 2 atom stereocenters. The van der Waals surface area contributed by atoms with Crippen molar-refractivity contribution in [3.05, 3.63) is 35.4 Å². The molecule has 0 aromatic heterocycles. The first kappa shape index (κ1) is 18.9. The Bertz CT molecular complexity index is 792. The molecule has 1 saturated heterocycles. The van der Waals surface area contributed by atoms with E-state index in [1.807, 2.05) is 23.1 Å². The van der Waals surface area contributed by atoms with Crippen molar-refractivity contribution in [1.82, 2.24) is 13.9 Å². The van der Waals surface area contributed by atoms with Gasteiger partial charge in [-0.05, 0) is 36.8 Å². The van der Waals surface area contributed by atoms with Gasteiger partial charge in [0.15, 0.2) is 0 Å². The van der Waals surface area contributed by atoms with Gasteiger partial charge in [-0.15, -0.1) is 0 Å². The number of amides is 1. The predicted octanol–water partition coefficient (Wildman–Crippen LogP) is 0.907. The molecule has 2 heterocycles. The van der Waals surface area contributed by atoms with E-state index in [1.54, 1.807) is 0 Å². The summed E-state index contributed by atoms with van der Waals surface area (Å²) in [5.41, 5.74) is 2.29. The van der Waals surface area contributed by atoms with Crippen LogP contribution in [0, 0.1) is 5.92 Å². The van der Waals surface area contributed by atoms with Gasteiger partial charge >= 0.3 is 0 Å². The fourth-order valence-corrected chi connectivity index (χ4v) is 5.74. The minimum absolute atomic E-state index is 0.0853. The lowest BCUT2D eigenvalue weighted by Gasteiger charge is -2.30. The van der Waals surface area contributed by atoms with Crippen molar-refractivity contribution in [2.24, 2.45) is 5.92 Å². The summed E-state index contributed by atoms with van der Waals surface area (Å²) in [5, 5.41) is 0. The zero-order valence-corrected chi connectivity index (χ0v) is 16.3. The normalized spacial score (nSPS) is 26.7. The largest absolute Gasteiger partial charge is 0.378 e. The highest BCUT2D eigenvalue weighted by Gasteiger charge is 2.36. The van der Waals surface area contributed by atoms with Crippen LogP contribution in [0.2, 0.25) is 0 Å². The molecule has 0 spiro atoms. The average Bonchev–Trinajstić information content (AvgIpc) is 3.15. The molecule has 1 amide bonds. The molecule has 2 aliphatic heterocycles. The molecule has 1 aromatic rings. The van der Waals surface area contributed by atoms with E-state index < -0.39 is 10.2 Å². The van der Waals surface area contributed by atoms with E-state index in [-0.39, 0.29) is 17.9 Å². The van der Waals surface area contributed by atoms with Gasteiger partial charge in [-0.25, -0.2) is 0 Å². The highest BCUT2D eigenvalue weighted by molar-refractivity contribution is 7.87. The Kier molecular flexibility index (Phi) is 5.50. The monoisotopic (exact) mass is 393 g/mol. The second kappa shape index (κ2) is 7.87. The SMILES string of the molecule is O=C([C@H]1CC[C@@H](NS(=O)(=O)N2CCc3ccccc3C2)C1)N1CCOCC1. The van der Waals surface area contributed by atoms with Crippen LogP contribution in [0.5, 0.6) is 0 Å². The summed E-state index contributed by atoms with van der Waals surface area (Å²) in [5.74, 6) is 0.0600. The minimum Gasteiger partial charge on any atom is -0.378 e. The maximum Gasteiger partial charge on any atom is 0.280 e. The Labute approximate surface area is 160 Å². The number of hydrogen-bond donors (Lipinski definition) is 1. The van der Waals surface area contributed by atoms with E-state index in [0.29, 0.717) is 52.2 Å². The zero-order valence-electron chi connectivity index (χ0n) is 15.5. The number of rotatable bonds is 4. The quantitative estimate of drug-likeness (QED) is 0.825. The van der Waals surface area contributed by atoms with Gasteiger partial charge in [0.1, 0.15) is 0 Å². The van der Waals surface area contributed by atoms with Crippen LogP contribution >= 0.6 is 0 Å². The molecule has 27 heavy (non-hydrogen) atoms. The van der Waals surface area contributed by atoms with Crippen LogP contribution < -0.4 is 4.72 Å². The van der Waals surface area contributed by atoms with E-state index in [4.69, 9.17) is 4.74 Å². The van der Waals surface area contributed by atoms with Crippen molar-refractivity contribution in [3.8, 4) is 0 Å². The van der Waals surface area contributed by atoms with Crippen LogP contribution in [0.1, 0.15) is 30.4 Å². The summed E-state index contributed by atoms with van der Waals surface area (Å²) >= 11 is 0. The predicted molar refractivity (Wildman–Crippen MR) is 101 cm³/mol. The molecule has 1 aromatic carbocycles. The van der Waals surface area contributed by atoms with Gasteiger partial charge in [0.05, 0.1) is 13.2 Å². The first-order valence-electron chi connectivity index (χ1n) is 9.73. The van der Waals surface area contributed by atoms with Gasteiger partial charge in [-0.1, -0.05) is 24.3 Å². The van der Waals surface area contributed by atoms with Crippen LogP contribution in [0.25, 0.3) is 0 Å². The van der Waals surface area contributed by atoms with E-state index >= 15 is 0 Å². The van der Waals surface area contributed by atoms with Crippen LogP contribution in [0.15, 0.2) is 24.3 Å². The number of nitrogens with one attached hydrogen (secondary N) is 1. The molecule has 0 unspecified atom stereocenters. The van der Waals surface area contributed by atoms with Crippen LogP contribution in [0.3, 0.4) is 0 Å². The van der Waals surface area contributed by atoms with Gasteiger partial charge in [0.2, 0.25) is 5.91 Å². The third-order valence-electron chi connectivity index (χ3n) is 5.86. The first-order valence-corrected chi connectivity index (χ1v) is 11.2. The van der Waals surface area contributed by atoms with Gasteiger partial charge < -0.3 is 9.64 Å². The number of ether oxygens (including phenoxy) is 1. The number of carbonyl (C=O) groups excluding carboxylic acids is 1. The smallest absolute Gasteiger partial charge is 0.280 e. The average molecular weight is 394 g/mol. The zero-order chi connectivity index (χ0) is 18.9. The third-order valence-corrected chi connectivity index (χ3v) is 7.48. The second-order valence-corrected chi connectivity index (χ2v) is 9.32. The minimum atomic E-state index is -3.55. The number of nitrogens with zero attached hydrogens (tertiary/aromatic N) is 2. The lowest BCUT2D eigenvalue weighted by atomic mass is 10.0. The summed E-state index contributed by atoms with van der Waals surface area (Å²) in [6.07, 6.45) is 2.77. The maximum atomic E-state index is 12.8. The second-order valence-electron chi connectivity index (χ2n) is 7.62. The Balaban J connectivity index is 1.34. The number of hydrogen-bond acceptors (Lipinski definition) is 4. The number of fused-ring (bicyclic) bond motifs is 1. The van der Waals surface area contributed by atoms with Gasteiger partial charge in [0.25, 0.3) is 10.2 Å². The van der Waals surface area contributed by atoms with Gasteiger partial charge in [-0.3, -0.25) is 4.79 Å². The van der Waals surface area contributed by atoms with Crippen molar-refractivity contribution in [2.75, 3.05) is 32.8 Å². The van der Waals surface area contributed by atoms with Crippen molar-refractivity contribution in [1.29, 1.82) is 0 Å². The van der Waals surface area contributed by atoms with Crippen molar-refractivity contribution < 1.29 is 17.9 Å². The highest BCUT2D eigenvalue weighted by atomic mass is 32.2. The molecule has 3 aliphatic rings. The molecule has 1 saturated carbocycles. The highest BCUT2D eigenvalue weighted by Crippen LogP contribution is 2.29. The molecular formula is C19H27N3O4S. The molecule has 148 valence electrons. The third kappa shape index (κ3) is 4.18. The van der Waals surface area contributed by atoms with Gasteiger partial charge in [-0.2, -0.15) is 17.4 Å². The summed E-state index contributed by atoms with van der Waals surface area (Å²) in [7, 11) is -3.55. The van der Waals surface area contributed by atoms with Crippen molar-refractivity contribution >= 4 is 16.1 Å². The molecule has 1 aliphatic carbocycles. The Morgan fingerprint density at radius 3 is 2.59 bits per heavy atom. The first-order chi connectivity index (χ1) is 13.0. The van der Waals surface area contributed by atoms with Crippen LogP contribution in [-0.2, 0) is 32.7 Å². The Morgan fingerprint density at radius 1 is 1.07 bits per heavy atom. The topological polar surface area (TPSA) is 79.0 Å². The number of morpholine rings is 1. The lowest BCUT2D eigenvalue weighted by molar-refractivity contribution is -0.139. The molecule has 1 N–H and O–H groups in total. The van der Waals surface area contributed by atoms with E-state index in [1.165, 1.54) is 9.87 Å². The van der Waals surface area contributed by atoms with Crippen molar-refractivity contribution in [2.45, 2.75) is 38.3 Å². The fourth-order valence-electron chi connectivity index (χ4n) is 4.31.